The second kappa shape index (κ2) is 8.94. The number of nitrogens with zero attached hydrogens (tertiary/aromatic N) is 1. The highest BCUT2D eigenvalue weighted by Crippen LogP contribution is 2.30. The van der Waals surface area contributed by atoms with Crippen molar-refractivity contribution in [1.29, 1.82) is 0 Å². The molecule has 7 heteroatoms. The van der Waals surface area contributed by atoms with Crippen molar-refractivity contribution < 1.29 is 23.0 Å². The van der Waals surface area contributed by atoms with Crippen LogP contribution in [0, 0.1) is 11.6 Å². The lowest BCUT2D eigenvalue weighted by molar-refractivity contribution is 0.0942. The van der Waals surface area contributed by atoms with Crippen LogP contribution in [-0.2, 0) is 6.54 Å². The maximum absolute atomic E-state index is 13.6. The van der Waals surface area contributed by atoms with Crippen LogP contribution in [0.4, 0.5) is 8.78 Å². The summed E-state index contributed by atoms with van der Waals surface area (Å²) in [5.41, 5.74) is 0.0403. The quantitative estimate of drug-likeness (QED) is 0.652. The Morgan fingerprint density at radius 3 is 2.36 bits per heavy atom. The normalized spacial score (nSPS) is 10.4. The zero-order chi connectivity index (χ0) is 19.9. The van der Waals surface area contributed by atoms with Crippen LogP contribution in [0.25, 0.3) is 0 Å². The number of ether oxygens (including phenoxy) is 2. The Kier molecular flexibility index (Phi) is 6.16. The van der Waals surface area contributed by atoms with Crippen molar-refractivity contribution in [2.24, 2.45) is 0 Å². The molecule has 1 N–H and O–H groups in total. The van der Waals surface area contributed by atoms with Gasteiger partial charge in [0.25, 0.3) is 5.91 Å². The van der Waals surface area contributed by atoms with Crippen LogP contribution in [0.5, 0.6) is 17.4 Å². The van der Waals surface area contributed by atoms with E-state index in [-0.39, 0.29) is 6.54 Å². The second-order valence-electron chi connectivity index (χ2n) is 5.77. The molecule has 0 aliphatic carbocycles. The van der Waals surface area contributed by atoms with Gasteiger partial charge in [0.2, 0.25) is 5.88 Å². The van der Waals surface area contributed by atoms with Crippen LogP contribution in [-0.4, -0.2) is 17.5 Å². The van der Waals surface area contributed by atoms with Crippen LogP contribution in [0.15, 0.2) is 60.8 Å². The zero-order valence-electron chi connectivity index (χ0n) is 15.1. The zero-order valence-corrected chi connectivity index (χ0v) is 15.1. The predicted molar refractivity (Wildman–Crippen MR) is 99.5 cm³/mol. The number of aromatic nitrogens is 1. The third-order valence-corrected chi connectivity index (χ3v) is 3.80. The molecule has 0 radical (unpaired) electrons. The molecule has 0 aliphatic rings. The summed E-state index contributed by atoms with van der Waals surface area (Å²) in [4.78, 5) is 16.2. The number of rotatable bonds is 7. The van der Waals surface area contributed by atoms with Crippen molar-refractivity contribution in [3.63, 3.8) is 0 Å². The molecule has 0 saturated carbocycles. The number of carbonyl (C=O) groups excluding carboxylic acids is 1. The van der Waals surface area contributed by atoms with Crippen molar-refractivity contribution in [2.45, 2.75) is 13.5 Å². The second-order valence-corrected chi connectivity index (χ2v) is 5.77. The maximum Gasteiger partial charge on any atom is 0.257 e. The Balaban J connectivity index is 1.63. The van der Waals surface area contributed by atoms with E-state index >= 15 is 0 Å². The molecule has 3 aromatic rings. The molecule has 0 atom stereocenters. The number of benzene rings is 2. The summed E-state index contributed by atoms with van der Waals surface area (Å²) in [6.07, 6.45) is 1.51. The molecule has 28 heavy (non-hydrogen) atoms. The first kappa shape index (κ1) is 19.3. The molecule has 0 unspecified atom stereocenters. The first-order valence-corrected chi connectivity index (χ1v) is 8.65. The first-order valence-electron chi connectivity index (χ1n) is 8.65. The van der Waals surface area contributed by atoms with Gasteiger partial charge in [-0.1, -0.05) is 24.3 Å². The molecule has 1 aromatic heterocycles. The number of hydrogen-bond acceptors (Lipinski definition) is 4. The van der Waals surface area contributed by atoms with Gasteiger partial charge in [0.15, 0.2) is 11.5 Å². The van der Waals surface area contributed by atoms with Crippen LogP contribution < -0.4 is 14.8 Å². The third-order valence-electron chi connectivity index (χ3n) is 3.80. The Labute approximate surface area is 160 Å². The average molecular weight is 384 g/mol. The summed E-state index contributed by atoms with van der Waals surface area (Å²) in [5, 5.41) is 2.47. The summed E-state index contributed by atoms with van der Waals surface area (Å²) in [6, 6.07) is 13.8. The van der Waals surface area contributed by atoms with Gasteiger partial charge in [-0.15, -0.1) is 0 Å². The topological polar surface area (TPSA) is 60.5 Å². The Bertz CT molecular complexity index is 942. The number of amides is 1. The van der Waals surface area contributed by atoms with Gasteiger partial charge in [-0.25, -0.2) is 13.8 Å². The molecule has 0 saturated heterocycles. The number of carbonyl (C=O) groups is 1. The largest absolute Gasteiger partial charge is 0.490 e. The number of nitrogens with one attached hydrogen (secondary N) is 1. The van der Waals surface area contributed by atoms with Crippen LogP contribution >= 0.6 is 0 Å². The summed E-state index contributed by atoms with van der Waals surface area (Å²) in [5.74, 6) is -1.16. The van der Waals surface area contributed by atoms with E-state index in [2.05, 4.69) is 10.3 Å². The number of halogens is 2. The van der Waals surface area contributed by atoms with Gasteiger partial charge in [0.1, 0.15) is 17.2 Å². The fourth-order valence-electron chi connectivity index (χ4n) is 2.48. The lowest BCUT2D eigenvalue weighted by Crippen LogP contribution is -2.25. The molecule has 3 rings (SSSR count). The number of para-hydroxylation sites is 2. The molecule has 144 valence electrons. The molecule has 1 heterocycles. The van der Waals surface area contributed by atoms with E-state index in [9.17, 15) is 13.6 Å². The molecule has 2 aromatic carbocycles. The lowest BCUT2D eigenvalue weighted by atomic mass is 10.2. The summed E-state index contributed by atoms with van der Waals surface area (Å²) >= 11 is 0. The summed E-state index contributed by atoms with van der Waals surface area (Å²) in [6.45, 7) is 2.45. The van der Waals surface area contributed by atoms with Gasteiger partial charge >= 0.3 is 0 Å². The van der Waals surface area contributed by atoms with E-state index in [4.69, 9.17) is 9.47 Å². The number of hydrogen-bond donors (Lipinski definition) is 1. The highest BCUT2D eigenvalue weighted by Gasteiger charge is 2.16. The van der Waals surface area contributed by atoms with Crippen LogP contribution in [0.3, 0.4) is 0 Å². The molecular formula is C21H18F2N2O3. The summed E-state index contributed by atoms with van der Waals surface area (Å²) in [7, 11) is 0. The Morgan fingerprint density at radius 1 is 1.00 bits per heavy atom. The lowest BCUT2D eigenvalue weighted by Gasteiger charge is -2.11. The fourth-order valence-corrected chi connectivity index (χ4v) is 2.48. The highest BCUT2D eigenvalue weighted by molar-refractivity contribution is 5.94. The maximum atomic E-state index is 13.6. The SMILES string of the molecule is CCOc1ccccc1Oc1ccc(CNC(=O)c2c(F)cccc2F)cn1. The van der Waals surface area contributed by atoms with Crippen molar-refractivity contribution in [3.8, 4) is 17.4 Å². The molecule has 0 spiro atoms. The molecule has 0 fully saturated rings. The molecular weight excluding hydrogens is 366 g/mol. The van der Waals surface area contributed by atoms with E-state index < -0.39 is 23.1 Å². The highest BCUT2D eigenvalue weighted by atomic mass is 19.1. The number of pyridine rings is 1. The molecule has 1 amide bonds. The van der Waals surface area contributed by atoms with Gasteiger partial charge < -0.3 is 14.8 Å². The standard InChI is InChI=1S/C21H18F2N2O3/c1-2-27-17-8-3-4-9-18(17)28-19-11-10-14(12-24-19)13-25-21(26)20-15(22)6-5-7-16(20)23/h3-12H,2,13H2,1H3,(H,25,26). The average Bonchev–Trinajstić information content (AvgIpc) is 2.69. The van der Waals surface area contributed by atoms with Crippen LogP contribution in [0.1, 0.15) is 22.8 Å². The predicted octanol–water partition coefficient (Wildman–Crippen LogP) is 4.48. The summed E-state index contributed by atoms with van der Waals surface area (Å²) < 4.78 is 38.5. The van der Waals surface area contributed by atoms with Crippen LogP contribution in [0.2, 0.25) is 0 Å². The van der Waals surface area contributed by atoms with Gasteiger partial charge in [0.05, 0.1) is 6.61 Å². The van der Waals surface area contributed by atoms with Gasteiger partial charge in [-0.05, 0) is 36.8 Å². The van der Waals surface area contributed by atoms with Gasteiger partial charge in [-0.2, -0.15) is 0 Å². The van der Waals surface area contributed by atoms with E-state index in [0.717, 1.165) is 12.1 Å². The minimum atomic E-state index is -0.910. The van der Waals surface area contributed by atoms with E-state index in [1.165, 1.54) is 12.3 Å². The Morgan fingerprint density at radius 2 is 1.71 bits per heavy atom. The molecule has 0 aliphatic heterocycles. The third kappa shape index (κ3) is 4.62. The van der Waals surface area contributed by atoms with Gasteiger partial charge in [0, 0.05) is 18.8 Å². The van der Waals surface area contributed by atoms with Crippen molar-refractivity contribution in [1.82, 2.24) is 10.3 Å². The molecule has 5 nitrogen and oxygen atoms in total. The van der Waals surface area contributed by atoms with E-state index in [1.807, 2.05) is 19.1 Å². The molecule has 0 bridgehead atoms. The van der Waals surface area contributed by atoms with Crippen molar-refractivity contribution in [2.75, 3.05) is 6.61 Å². The minimum absolute atomic E-state index is 0.0649. The van der Waals surface area contributed by atoms with Crippen molar-refractivity contribution >= 4 is 5.91 Å². The minimum Gasteiger partial charge on any atom is -0.490 e. The van der Waals surface area contributed by atoms with E-state index in [1.54, 1.807) is 24.3 Å². The van der Waals surface area contributed by atoms with Crippen molar-refractivity contribution in [3.05, 3.63) is 83.6 Å². The van der Waals surface area contributed by atoms with E-state index in [0.29, 0.717) is 29.5 Å². The fraction of sp³-hybridized carbons (Fsp3) is 0.143. The monoisotopic (exact) mass is 384 g/mol. The first-order chi connectivity index (χ1) is 13.6. The Hall–Kier alpha value is -3.48. The van der Waals surface area contributed by atoms with Gasteiger partial charge in [-0.3, -0.25) is 4.79 Å². The smallest absolute Gasteiger partial charge is 0.257 e.